The number of anilines is 1. The van der Waals surface area contributed by atoms with Crippen molar-refractivity contribution in [1.82, 2.24) is 19.7 Å². The Morgan fingerprint density at radius 2 is 2.10 bits per heavy atom. The number of fused-ring (bicyclic) bond motifs is 1. The first-order valence-corrected chi connectivity index (χ1v) is 10.7. The van der Waals surface area contributed by atoms with Gasteiger partial charge in [0.05, 0.1) is 17.6 Å². The molecule has 0 aliphatic heterocycles. The topological polar surface area (TPSA) is 81.9 Å². The van der Waals surface area contributed by atoms with Crippen LogP contribution in [0.15, 0.2) is 47.9 Å². The van der Waals surface area contributed by atoms with E-state index >= 15 is 0 Å². The number of thiazole rings is 1. The predicted molar refractivity (Wildman–Crippen MR) is 116 cm³/mol. The normalized spacial score (nSPS) is 11.0. The third kappa shape index (κ3) is 4.10. The van der Waals surface area contributed by atoms with Gasteiger partial charge in [0, 0.05) is 5.69 Å². The van der Waals surface area contributed by atoms with E-state index in [1.165, 1.54) is 34.2 Å². The molecule has 4 rings (SSSR count). The van der Waals surface area contributed by atoms with Gasteiger partial charge in [0.2, 0.25) is 5.91 Å². The van der Waals surface area contributed by atoms with Gasteiger partial charge in [0.15, 0.2) is 10.3 Å². The molecule has 0 aliphatic rings. The minimum absolute atomic E-state index is 0.150. The summed E-state index contributed by atoms with van der Waals surface area (Å²) in [7, 11) is 1.61. The maximum atomic E-state index is 12.4. The summed E-state index contributed by atoms with van der Waals surface area (Å²) in [6.07, 6.45) is 1.66. The summed E-state index contributed by atoms with van der Waals surface area (Å²) in [6, 6.07) is 11.9. The molecule has 0 aliphatic carbocycles. The number of rotatable bonds is 6. The Bertz CT molecular complexity index is 1180. The maximum absolute atomic E-state index is 12.4. The summed E-state index contributed by atoms with van der Waals surface area (Å²) in [5, 5.41) is 12.2. The molecule has 1 amide bonds. The highest BCUT2D eigenvalue weighted by Crippen LogP contribution is 2.32. The SMILES string of the molecule is COc1cccc2sc(NC(=O)CSc3nncn3-c3ccc(C)c(C)c3)nc12. The molecule has 9 heteroatoms. The number of nitrogens with zero attached hydrogens (tertiary/aromatic N) is 4. The second-order valence-electron chi connectivity index (χ2n) is 6.41. The Kier molecular flexibility index (Phi) is 5.50. The Hall–Kier alpha value is -2.91. The molecule has 148 valence electrons. The van der Waals surface area contributed by atoms with Crippen molar-refractivity contribution in [2.24, 2.45) is 0 Å². The van der Waals surface area contributed by atoms with Crippen molar-refractivity contribution >= 4 is 44.4 Å². The minimum Gasteiger partial charge on any atom is -0.494 e. The molecule has 29 heavy (non-hydrogen) atoms. The van der Waals surface area contributed by atoms with Crippen molar-refractivity contribution in [3.05, 3.63) is 53.9 Å². The molecule has 4 aromatic rings. The first-order chi connectivity index (χ1) is 14.0. The first-order valence-electron chi connectivity index (χ1n) is 8.89. The third-order valence-electron chi connectivity index (χ3n) is 4.47. The molecule has 1 N–H and O–H groups in total. The standard InChI is InChI=1S/C20H19N5O2S2/c1-12-7-8-14(9-13(12)2)25-11-21-24-20(25)28-10-17(26)22-19-23-18-15(27-3)5-4-6-16(18)29-19/h4-9,11H,10H2,1-3H3,(H,22,23,26). The lowest BCUT2D eigenvalue weighted by molar-refractivity contribution is -0.113. The average Bonchev–Trinajstić information content (AvgIpc) is 3.34. The lowest BCUT2D eigenvalue weighted by Gasteiger charge is -2.08. The number of carbonyl (C=O) groups is 1. The summed E-state index contributed by atoms with van der Waals surface area (Å²) >= 11 is 2.75. The Morgan fingerprint density at radius 3 is 2.90 bits per heavy atom. The molecule has 0 atom stereocenters. The van der Waals surface area contributed by atoms with E-state index in [0.29, 0.717) is 16.0 Å². The summed E-state index contributed by atoms with van der Waals surface area (Å²) in [6.45, 7) is 4.14. The van der Waals surface area contributed by atoms with Gasteiger partial charge in [-0.3, -0.25) is 9.36 Å². The highest BCUT2D eigenvalue weighted by molar-refractivity contribution is 7.99. The van der Waals surface area contributed by atoms with Crippen LogP contribution in [0.5, 0.6) is 5.75 Å². The molecule has 2 aromatic carbocycles. The van der Waals surface area contributed by atoms with Crippen molar-refractivity contribution in [3.8, 4) is 11.4 Å². The van der Waals surface area contributed by atoms with E-state index in [-0.39, 0.29) is 11.7 Å². The number of para-hydroxylation sites is 1. The third-order valence-corrected chi connectivity index (χ3v) is 6.34. The fourth-order valence-electron chi connectivity index (χ4n) is 2.80. The number of carbonyl (C=O) groups excluding carboxylic acids is 1. The van der Waals surface area contributed by atoms with Gasteiger partial charge in [-0.2, -0.15) is 0 Å². The number of hydrogen-bond acceptors (Lipinski definition) is 7. The summed E-state index contributed by atoms with van der Waals surface area (Å²) in [5.41, 5.74) is 4.13. The number of methoxy groups -OCH3 is 1. The molecule has 2 heterocycles. The Balaban J connectivity index is 1.44. The van der Waals surface area contributed by atoms with Crippen molar-refractivity contribution in [3.63, 3.8) is 0 Å². The van der Waals surface area contributed by atoms with Crippen LogP contribution in [0.3, 0.4) is 0 Å². The van der Waals surface area contributed by atoms with Crippen LogP contribution >= 0.6 is 23.1 Å². The van der Waals surface area contributed by atoms with E-state index in [1.54, 1.807) is 13.4 Å². The molecule has 2 aromatic heterocycles. The molecule has 0 saturated carbocycles. The number of aryl methyl sites for hydroxylation is 2. The molecule has 0 spiro atoms. The van der Waals surface area contributed by atoms with Gasteiger partial charge < -0.3 is 10.1 Å². The highest BCUT2D eigenvalue weighted by Gasteiger charge is 2.14. The molecule has 0 bridgehead atoms. The van der Waals surface area contributed by atoms with Crippen molar-refractivity contribution in [1.29, 1.82) is 0 Å². The van der Waals surface area contributed by atoms with Crippen LogP contribution in [-0.2, 0) is 4.79 Å². The van der Waals surface area contributed by atoms with Crippen LogP contribution in [0.4, 0.5) is 5.13 Å². The monoisotopic (exact) mass is 425 g/mol. The lowest BCUT2D eigenvalue weighted by atomic mass is 10.1. The number of aromatic nitrogens is 4. The smallest absolute Gasteiger partial charge is 0.236 e. The maximum Gasteiger partial charge on any atom is 0.236 e. The zero-order valence-electron chi connectivity index (χ0n) is 16.2. The average molecular weight is 426 g/mol. The lowest BCUT2D eigenvalue weighted by Crippen LogP contribution is -2.14. The first kappa shape index (κ1) is 19.4. The largest absolute Gasteiger partial charge is 0.494 e. The molecule has 0 fully saturated rings. The fraction of sp³-hybridized carbons (Fsp3) is 0.200. The van der Waals surface area contributed by atoms with Gasteiger partial charge in [-0.25, -0.2) is 4.98 Å². The Labute approximate surface area is 176 Å². The van der Waals surface area contributed by atoms with Crippen LogP contribution in [0.1, 0.15) is 11.1 Å². The zero-order chi connectivity index (χ0) is 20.4. The van der Waals surface area contributed by atoms with Gasteiger partial charge >= 0.3 is 0 Å². The molecule has 0 radical (unpaired) electrons. The van der Waals surface area contributed by atoms with Crippen LogP contribution in [0.2, 0.25) is 0 Å². The molecular weight excluding hydrogens is 406 g/mol. The van der Waals surface area contributed by atoms with Crippen LogP contribution in [0, 0.1) is 13.8 Å². The molecule has 0 saturated heterocycles. The number of nitrogens with one attached hydrogen (secondary N) is 1. The molecule has 0 unspecified atom stereocenters. The predicted octanol–water partition coefficient (Wildman–Crippen LogP) is 4.23. The fourth-order valence-corrected chi connectivity index (χ4v) is 4.43. The summed E-state index contributed by atoms with van der Waals surface area (Å²) in [5.74, 6) is 0.745. The number of amides is 1. The van der Waals surface area contributed by atoms with E-state index in [2.05, 4.69) is 46.5 Å². The van der Waals surface area contributed by atoms with Crippen molar-refractivity contribution in [2.75, 3.05) is 18.2 Å². The second-order valence-corrected chi connectivity index (χ2v) is 8.39. The van der Waals surface area contributed by atoms with E-state index < -0.39 is 0 Å². The number of hydrogen-bond donors (Lipinski definition) is 1. The minimum atomic E-state index is -0.150. The quantitative estimate of drug-likeness (QED) is 0.466. The zero-order valence-corrected chi connectivity index (χ0v) is 17.8. The van der Waals surface area contributed by atoms with Crippen molar-refractivity contribution in [2.45, 2.75) is 19.0 Å². The number of benzene rings is 2. The summed E-state index contributed by atoms with van der Waals surface area (Å²) in [4.78, 5) is 16.9. The van der Waals surface area contributed by atoms with Crippen LogP contribution < -0.4 is 10.1 Å². The van der Waals surface area contributed by atoms with Gasteiger partial charge in [0.25, 0.3) is 0 Å². The van der Waals surface area contributed by atoms with Crippen molar-refractivity contribution < 1.29 is 9.53 Å². The van der Waals surface area contributed by atoms with E-state index in [4.69, 9.17) is 4.74 Å². The van der Waals surface area contributed by atoms with E-state index in [0.717, 1.165) is 15.9 Å². The number of thioether (sulfide) groups is 1. The van der Waals surface area contributed by atoms with E-state index in [1.807, 2.05) is 28.8 Å². The van der Waals surface area contributed by atoms with Crippen LogP contribution in [0.25, 0.3) is 15.9 Å². The van der Waals surface area contributed by atoms with E-state index in [9.17, 15) is 4.79 Å². The van der Waals surface area contributed by atoms with Gasteiger partial charge in [-0.05, 0) is 49.2 Å². The van der Waals surface area contributed by atoms with Gasteiger partial charge in [-0.1, -0.05) is 35.2 Å². The highest BCUT2D eigenvalue weighted by atomic mass is 32.2. The Morgan fingerprint density at radius 1 is 1.24 bits per heavy atom. The van der Waals surface area contributed by atoms with Crippen LogP contribution in [-0.4, -0.2) is 38.5 Å². The second kappa shape index (κ2) is 8.22. The summed E-state index contributed by atoms with van der Waals surface area (Å²) < 4.78 is 8.16. The number of ether oxygens (including phenoxy) is 1. The molecule has 7 nitrogen and oxygen atoms in total. The van der Waals surface area contributed by atoms with Gasteiger partial charge in [0.1, 0.15) is 17.6 Å². The van der Waals surface area contributed by atoms with Gasteiger partial charge in [-0.15, -0.1) is 10.2 Å². The molecular formula is C20H19N5O2S2.